The molecule has 4 nitrogen and oxygen atoms in total. The molecule has 0 aliphatic carbocycles. The van der Waals surface area contributed by atoms with Crippen LogP contribution in [0, 0.1) is 0 Å². The lowest BCUT2D eigenvalue weighted by Gasteiger charge is -2.00. The molecule has 0 aliphatic rings. The molecular weight excluding hydrogens is 152 g/mol. The van der Waals surface area contributed by atoms with Crippen molar-refractivity contribution in [3.8, 4) is 0 Å². The highest BCUT2D eigenvalue weighted by Gasteiger charge is 1.97. The van der Waals surface area contributed by atoms with Crippen molar-refractivity contribution in [2.24, 2.45) is 5.73 Å². The van der Waals surface area contributed by atoms with Crippen LogP contribution in [0.4, 0.5) is 0 Å². The van der Waals surface area contributed by atoms with Crippen molar-refractivity contribution in [1.82, 2.24) is 5.32 Å². The number of nitrogens with one attached hydrogen (secondary N) is 1. The first-order valence-corrected chi connectivity index (χ1v) is 3.11. The molecule has 0 unspecified atom stereocenters. The standard InChI is InChI=1S/C5H10N2O2S/c1-9-3-5(8)7-2-4(6)10/h2-3H2,1H3,(H2,6,10)(H,7,8). The van der Waals surface area contributed by atoms with Gasteiger partial charge in [0.05, 0.1) is 11.5 Å². The Balaban J connectivity index is 3.30. The Hall–Kier alpha value is -0.680. The van der Waals surface area contributed by atoms with E-state index in [1.165, 1.54) is 7.11 Å². The van der Waals surface area contributed by atoms with Crippen LogP contribution in [0.1, 0.15) is 0 Å². The van der Waals surface area contributed by atoms with E-state index in [-0.39, 0.29) is 24.0 Å². The van der Waals surface area contributed by atoms with E-state index in [4.69, 9.17) is 5.73 Å². The van der Waals surface area contributed by atoms with E-state index in [0.29, 0.717) is 0 Å². The molecule has 0 heterocycles. The number of hydrogen-bond acceptors (Lipinski definition) is 3. The van der Waals surface area contributed by atoms with E-state index in [0.717, 1.165) is 0 Å². The molecule has 0 radical (unpaired) electrons. The summed E-state index contributed by atoms with van der Waals surface area (Å²) in [5.74, 6) is -0.213. The van der Waals surface area contributed by atoms with Gasteiger partial charge in [0.15, 0.2) is 0 Å². The SMILES string of the molecule is COCC(=O)NCC(N)=S. The van der Waals surface area contributed by atoms with Crippen molar-refractivity contribution >= 4 is 23.1 Å². The second kappa shape index (κ2) is 5.13. The van der Waals surface area contributed by atoms with Crippen molar-refractivity contribution in [3.63, 3.8) is 0 Å². The lowest BCUT2D eigenvalue weighted by atomic mass is 10.6. The summed E-state index contributed by atoms with van der Waals surface area (Å²) in [5.41, 5.74) is 5.11. The van der Waals surface area contributed by atoms with Crippen LogP contribution >= 0.6 is 12.2 Å². The van der Waals surface area contributed by atoms with E-state index in [1.54, 1.807) is 0 Å². The fraction of sp³-hybridized carbons (Fsp3) is 0.600. The third-order valence-electron chi connectivity index (χ3n) is 0.735. The van der Waals surface area contributed by atoms with Gasteiger partial charge in [-0.15, -0.1) is 0 Å². The first kappa shape index (κ1) is 9.32. The normalized spacial score (nSPS) is 8.90. The van der Waals surface area contributed by atoms with Crippen LogP contribution in [-0.2, 0) is 9.53 Å². The maximum absolute atomic E-state index is 10.6. The number of carbonyl (C=O) groups excluding carboxylic acids is 1. The molecule has 0 rings (SSSR count). The van der Waals surface area contributed by atoms with E-state index in [9.17, 15) is 4.79 Å². The Morgan fingerprint density at radius 3 is 2.80 bits per heavy atom. The molecule has 1 amide bonds. The number of carbonyl (C=O) groups is 1. The number of ether oxygens (including phenoxy) is 1. The zero-order valence-corrected chi connectivity index (χ0v) is 6.53. The molecule has 0 spiro atoms. The number of nitrogens with two attached hydrogens (primary N) is 1. The summed E-state index contributed by atoms with van der Waals surface area (Å²) >= 11 is 4.52. The summed E-state index contributed by atoms with van der Waals surface area (Å²) in [6.45, 7) is 0.278. The van der Waals surface area contributed by atoms with Crippen LogP contribution in [0.15, 0.2) is 0 Å². The number of thiocarbonyl (C=S) groups is 1. The fourth-order valence-electron chi connectivity index (χ4n) is 0.368. The van der Waals surface area contributed by atoms with Gasteiger partial charge >= 0.3 is 0 Å². The van der Waals surface area contributed by atoms with Crippen LogP contribution < -0.4 is 11.1 Å². The molecule has 10 heavy (non-hydrogen) atoms. The molecule has 0 bridgehead atoms. The van der Waals surface area contributed by atoms with Crippen molar-refractivity contribution in [3.05, 3.63) is 0 Å². The van der Waals surface area contributed by atoms with E-state index >= 15 is 0 Å². The summed E-state index contributed by atoms with van der Waals surface area (Å²) in [5, 5.41) is 2.45. The molecular formula is C5H10N2O2S. The highest BCUT2D eigenvalue weighted by atomic mass is 32.1. The van der Waals surface area contributed by atoms with E-state index < -0.39 is 0 Å². The quantitative estimate of drug-likeness (QED) is 0.522. The second-order valence-corrected chi connectivity index (χ2v) is 2.20. The number of hydrogen-bond donors (Lipinski definition) is 2. The number of amides is 1. The maximum atomic E-state index is 10.6. The summed E-state index contributed by atoms with van der Waals surface area (Å²) in [6, 6.07) is 0. The summed E-state index contributed by atoms with van der Waals surface area (Å²) < 4.78 is 4.54. The number of rotatable bonds is 4. The monoisotopic (exact) mass is 162 g/mol. The molecule has 3 N–H and O–H groups in total. The maximum Gasteiger partial charge on any atom is 0.246 e. The molecule has 0 atom stereocenters. The topological polar surface area (TPSA) is 64.3 Å². The third kappa shape index (κ3) is 5.46. The zero-order chi connectivity index (χ0) is 7.98. The molecule has 0 aromatic carbocycles. The predicted molar refractivity (Wildman–Crippen MR) is 41.7 cm³/mol. The molecule has 0 saturated heterocycles. The molecule has 0 fully saturated rings. The minimum absolute atomic E-state index is 0.0443. The van der Waals surface area contributed by atoms with Crippen LogP contribution in [0.3, 0.4) is 0 Å². The lowest BCUT2D eigenvalue weighted by Crippen LogP contribution is -2.34. The summed E-state index contributed by atoms with van der Waals surface area (Å²) in [7, 11) is 1.44. The minimum Gasteiger partial charge on any atom is -0.392 e. The van der Waals surface area contributed by atoms with Crippen LogP contribution in [-0.4, -0.2) is 31.2 Å². The summed E-state index contributed by atoms with van der Waals surface area (Å²) in [4.78, 5) is 10.9. The van der Waals surface area contributed by atoms with Crippen LogP contribution in [0.5, 0.6) is 0 Å². The van der Waals surface area contributed by atoms with Gasteiger partial charge in [0.1, 0.15) is 6.61 Å². The zero-order valence-electron chi connectivity index (χ0n) is 5.72. The minimum atomic E-state index is -0.213. The molecule has 58 valence electrons. The lowest BCUT2D eigenvalue weighted by molar-refractivity contribution is -0.124. The first-order valence-electron chi connectivity index (χ1n) is 2.70. The molecule has 0 aromatic heterocycles. The molecule has 0 aromatic rings. The highest BCUT2D eigenvalue weighted by molar-refractivity contribution is 7.80. The Bertz CT molecular complexity index is 138. The van der Waals surface area contributed by atoms with E-state index in [1.807, 2.05) is 0 Å². The van der Waals surface area contributed by atoms with Gasteiger partial charge in [-0.1, -0.05) is 12.2 Å². The van der Waals surface area contributed by atoms with Crippen LogP contribution in [0.2, 0.25) is 0 Å². The predicted octanol–water partition coefficient (Wildman–Crippen LogP) is -0.965. The largest absolute Gasteiger partial charge is 0.392 e. The molecule has 0 aliphatic heterocycles. The Labute approximate surface area is 64.7 Å². The van der Waals surface area contributed by atoms with Gasteiger partial charge in [0, 0.05) is 7.11 Å². The van der Waals surface area contributed by atoms with Crippen molar-refractivity contribution in [1.29, 1.82) is 0 Å². The van der Waals surface area contributed by atoms with Crippen molar-refractivity contribution in [2.75, 3.05) is 20.3 Å². The second-order valence-electron chi connectivity index (χ2n) is 1.68. The van der Waals surface area contributed by atoms with Crippen molar-refractivity contribution in [2.45, 2.75) is 0 Å². The van der Waals surface area contributed by atoms with E-state index in [2.05, 4.69) is 22.3 Å². The Morgan fingerprint density at radius 2 is 2.40 bits per heavy atom. The molecule has 5 heteroatoms. The van der Waals surface area contributed by atoms with Gasteiger partial charge in [-0.3, -0.25) is 4.79 Å². The first-order chi connectivity index (χ1) is 4.66. The van der Waals surface area contributed by atoms with Crippen LogP contribution in [0.25, 0.3) is 0 Å². The number of methoxy groups -OCH3 is 1. The average Bonchev–Trinajstić information content (AvgIpc) is 1.85. The van der Waals surface area contributed by atoms with Crippen molar-refractivity contribution < 1.29 is 9.53 Å². The van der Waals surface area contributed by atoms with Gasteiger partial charge < -0.3 is 15.8 Å². The van der Waals surface area contributed by atoms with Gasteiger partial charge in [-0.05, 0) is 0 Å². The third-order valence-corrected chi connectivity index (χ3v) is 0.880. The van der Waals surface area contributed by atoms with Gasteiger partial charge in [-0.2, -0.15) is 0 Å². The Morgan fingerprint density at radius 1 is 1.80 bits per heavy atom. The smallest absolute Gasteiger partial charge is 0.246 e. The average molecular weight is 162 g/mol. The summed E-state index contributed by atoms with van der Waals surface area (Å²) in [6.07, 6.45) is 0. The fourth-order valence-corrected chi connectivity index (χ4v) is 0.440. The Kier molecular flexibility index (Phi) is 4.78. The molecule has 0 saturated carbocycles. The van der Waals surface area contributed by atoms with Gasteiger partial charge in [-0.25, -0.2) is 0 Å². The highest BCUT2D eigenvalue weighted by Crippen LogP contribution is 1.68. The van der Waals surface area contributed by atoms with Gasteiger partial charge in [0.2, 0.25) is 5.91 Å². The van der Waals surface area contributed by atoms with Gasteiger partial charge in [0.25, 0.3) is 0 Å².